The predicted octanol–water partition coefficient (Wildman–Crippen LogP) is 2.84. The molecule has 6 heteroatoms. The van der Waals surface area contributed by atoms with Crippen LogP contribution < -0.4 is 0 Å². The number of hydrogen-bond donors (Lipinski definition) is 1. The van der Waals surface area contributed by atoms with Crippen molar-refractivity contribution in [3.8, 4) is 0 Å². The first-order valence-corrected chi connectivity index (χ1v) is 8.75. The van der Waals surface area contributed by atoms with E-state index in [1.165, 1.54) is 0 Å². The second-order valence-electron chi connectivity index (χ2n) is 8.51. The number of carbonyl (C=O) groups excluding carboxylic acids is 1. The van der Waals surface area contributed by atoms with Gasteiger partial charge in [-0.2, -0.15) is 5.10 Å². The van der Waals surface area contributed by atoms with Crippen LogP contribution in [0.25, 0.3) is 0 Å². The quantitative estimate of drug-likeness (QED) is 0.923. The highest BCUT2D eigenvalue weighted by molar-refractivity contribution is 5.93. The van der Waals surface area contributed by atoms with E-state index in [9.17, 15) is 14.7 Å². The van der Waals surface area contributed by atoms with Crippen LogP contribution in [0.15, 0.2) is 6.07 Å². The summed E-state index contributed by atoms with van der Waals surface area (Å²) < 4.78 is 1.97. The van der Waals surface area contributed by atoms with Crippen molar-refractivity contribution < 1.29 is 14.7 Å². The van der Waals surface area contributed by atoms with E-state index in [-0.39, 0.29) is 18.0 Å². The normalized spacial score (nSPS) is 24.9. The molecule has 3 rings (SSSR count). The number of carbonyl (C=O) groups is 2. The van der Waals surface area contributed by atoms with Gasteiger partial charge in [0.2, 0.25) is 0 Å². The number of carboxylic acids is 1. The first-order chi connectivity index (χ1) is 11.1. The summed E-state index contributed by atoms with van der Waals surface area (Å²) in [5, 5.41) is 14.0. The molecule has 132 valence electrons. The molecule has 1 atom stereocenters. The van der Waals surface area contributed by atoms with Crippen LogP contribution in [0.2, 0.25) is 0 Å². The Labute approximate surface area is 142 Å². The predicted molar refractivity (Wildman–Crippen MR) is 90.1 cm³/mol. The monoisotopic (exact) mass is 333 g/mol. The van der Waals surface area contributed by atoms with Crippen molar-refractivity contribution in [3.63, 3.8) is 0 Å². The number of hydrogen-bond acceptors (Lipinski definition) is 3. The van der Waals surface area contributed by atoms with Crippen molar-refractivity contribution in [2.24, 2.45) is 5.41 Å². The molecule has 2 heterocycles. The van der Waals surface area contributed by atoms with Crippen LogP contribution in [0.4, 0.5) is 0 Å². The fourth-order valence-electron chi connectivity index (χ4n) is 3.46. The van der Waals surface area contributed by atoms with E-state index in [0.717, 1.165) is 18.5 Å². The third kappa shape index (κ3) is 3.06. The van der Waals surface area contributed by atoms with Crippen LogP contribution in [-0.2, 0) is 10.3 Å². The lowest BCUT2D eigenvalue weighted by molar-refractivity contribution is -0.150. The molecule has 1 N–H and O–H groups in total. The number of nitrogens with zero attached hydrogens (tertiary/aromatic N) is 3. The van der Waals surface area contributed by atoms with Crippen LogP contribution in [0, 0.1) is 5.41 Å². The number of likely N-dealkylation sites (tertiary alicyclic amines) is 1. The fourth-order valence-corrected chi connectivity index (χ4v) is 3.46. The van der Waals surface area contributed by atoms with Gasteiger partial charge in [-0.15, -0.1) is 0 Å². The van der Waals surface area contributed by atoms with Crippen molar-refractivity contribution in [1.82, 2.24) is 14.7 Å². The summed E-state index contributed by atoms with van der Waals surface area (Å²) in [5.74, 6) is -0.477. The zero-order valence-electron chi connectivity index (χ0n) is 15.0. The van der Waals surface area contributed by atoms with Crippen LogP contribution in [0.5, 0.6) is 0 Å². The Hall–Kier alpha value is -1.85. The molecule has 1 amide bonds. The summed E-state index contributed by atoms with van der Waals surface area (Å²) in [7, 11) is 0. The Balaban J connectivity index is 1.86. The first kappa shape index (κ1) is 17.0. The van der Waals surface area contributed by atoms with Crippen molar-refractivity contribution >= 4 is 11.9 Å². The average Bonchev–Trinajstić information content (AvgIpc) is 3.23. The van der Waals surface area contributed by atoms with Crippen LogP contribution in [-0.4, -0.2) is 44.8 Å². The second kappa shape index (κ2) is 5.60. The lowest BCUT2D eigenvalue weighted by Crippen LogP contribution is -2.48. The summed E-state index contributed by atoms with van der Waals surface area (Å²) in [6.07, 6.45) is 3.62. The summed E-state index contributed by atoms with van der Waals surface area (Å²) in [6.45, 7) is 8.83. The Morgan fingerprint density at radius 3 is 2.54 bits per heavy atom. The van der Waals surface area contributed by atoms with Crippen molar-refractivity contribution in [3.05, 3.63) is 17.5 Å². The zero-order valence-corrected chi connectivity index (χ0v) is 15.0. The van der Waals surface area contributed by atoms with Gasteiger partial charge in [-0.05, 0) is 59.4 Å². The van der Waals surface area contributed by atoms with Gasteiger partial charge in [0, 0.05) is 24.7 Å². The molecular weight excluding hydrogens is 306 g/mol. The standard InChI is InChI=1S/C18H27N3O3/c1-17(2,3)21-14(12-6-7-12)10-13(19-21)15(22)20-9-5-8-18(4,11-20)16(23)24/h10,12H,5-9,11H2,1-4H3,(H,23,24). The van der Waals surface area contributed by atoms with Gasteiger partial charge >= 0.3 is 5.97 Å². The number of carboxylic acid groups (broad SMARTS) is 1. The van der Waals surface area contributed by atoms with Gasteiger partial charge in [-0.1, -0.05) is 0 Å². The van der Waals surface area contributed by atoms with E-state index in [1.807, 2.05) is 10.7 Å². The van der Waals surface area contributed by atoms with Gasteiger partial charge in [-0.3, -0.25) is 14.3 Å². The third-order valence-corrected chi connectivity index (χ3v) is 5.09. The van der Waals surface area contributed by atoms with E-state index in [4.69, 9.17) is 0 Å². The maximum absolute atomic E-state index is 12.9. The first-order valence-electron chi connectivity index (χ1n) is 8.75. The molecule has 1 aromatic rings. The smallest absolute Gasteiger partial charge is 0.311 e. The molecule has 2 aliphatic rings. The minimum atomic E-state index is -0.861. The Kier molecular flexibility index (Phi) is 3.97. The van der Waals surface area contributed by atoms with Crippen molar-refractivity contribution in [2.75, 3.05) is 13.1 Å². The molecule has 1 aliphatic carbocycles. The van der Waals surface area contributed by atoms with Gasteiger partial charge < -0.3 is 10.0 Å². The minimum absolute atomic E-state index is 0.146. The van der Waals surface area contributed by atoms with E-state index < -0.39 is 11.4 Å². The number of amides is 1. The average molecular weight is 333 g/mol. The summed E-state index contributed by atoms with van der Waals surface area (Å²) in [6, 6.07) is 1.91. The van der Waals surface area contributed by atoms with E-state index in [2.05, 4.69) is 25.9 Å². The lowest BCUT2D eigenvalue weighted by Gasteiger charge is -2.37. The fraction of sp³-hybridized carbons (Fsp3) is 0.722. The molecule has 1 unspecified atom stereocenters. The van der Waals surface area contributed by atoms with Gasteiger partial charge in [0.1, 0.15) is 0 Å². The molecule has 0 radical (unpaired) electrons. The highest BCUT2D eigenvalue weighted by Gasteiger charge is 2.40. The van der Waals surface area contributed by atoms with Crippen LogP contribution in [0.1, 0.15) is 75.5 Å². The second-order valence-corrected chi connectivity index (χ2v) is 8.51. The SMILES string of the molecule is CC1(C(=O)O)CCCN(C(=O)c2cc(C3CC3)n(C(C)(C)C)n2)C1. The maximum Gasteiger partial charge on any atom is 0.311 e. The Morgan fingerprint density at radius 1 is 1.33 bits per heavy atom. The Bertz CT molecular complexity index is 670. The van der Waals surface area contributed by atoms with Crippen molar-refractivity contribution in [2.45, 2.75) is 64.8 Å². The zero-order chi connectivity index (χ0) is 17.7. The van der Waals surface area contributed by atoms with E-state index in [0.29, 0.717) is 31.0 Å². The van der Waals surface area contributed by atoms with Crippen LogP contribution in [0.3, 0.4) is 0 Å². The number of aromatic nitrogens is 2. The molecule has 1 saturated heterocycles. The molecule has 0 bridgehead atoms. The molecule has 1 saturated carbocycles. The van der Waals surface area contributed by atoms with Gasteiger partial charge in [0.25, 0.3) is 5.91 Å². The lowest BCUT2D eigenvalue weighted by atomic mass is 9.82. The molecule has 1 aromatic heterocycles. The number of aliphatic carboxylic acids is 1. The van der Waals surface area contributed by atoms with Gasteiger partial charge in [-0.25, -0.2) is 0 Å². The highest BCUT2D eigenvalue weighted by atomic mass is 16.4. The van der Waals surface area contributed by atoms with E-state index >= 15 is 0 Å². The summed E-state index contributed by atoms with van der Waals surface area (Å²) in [4.78, 5) is 26.1. The van der Waals surface area contributed by atoms with Crippen LogP contribution >= 0.6 is 0 Å². The molecular formula is C18H27N3O3. The number of rotatable bonds is 3. The molecule has 0 spiro atoms. The third-order valence-electron chi connectivity index (χ3n) is 5.09. The van der Waals surface area contributed by atoms with Gasteiger partial charge in [0.05, 0.1) is 11.0 Å². The number of piperidine rings is 1. The largest absolute Gasteiger partial charge is 0.481 e. The molecule has 24 heavy (non-hydrogen) atoms. The minimum Gasteiger partial charge on any atom is -0.481 e. The van der Waals surface area contributed by atoms with E-state index in [1.54, 1.807) is 11.8 Å². The molecule has 2 fully saturated rings. The van der Waals surface area contributed by atoms with Gasteiger partial charge in [0.15, 0.2) is 5.69 Å². The molecule has 6 nitrogen and oxygen atoms in total. The maximum atomic E-state index is 12.9. The molecule has 1 aliphatic heterocycles. The summed E-state index contributed by atoms with van der Waals surface area (Å²) in [5.41, 5.74) is 0.540. The molecule has 0 aromatic carbocycles. The summed E-state index contributed by atoms with van der Waals surface area (Å²) >= 11 is 0. The Morgan fingerprint density at radius 2 is 2.00 bits per heavy atom. The highest BCUT2D eigenvalue weighted by Crippen LogP contribution is 2.42. The van der Waals surface area contributed by atoms with Crippen molar-refractivity contribution in [1.29, 1.82) is 0 Å². The topological polar surface area (TPSA) is 75.4 Å².